The molecular weight excluding hydrogens is 748 g/mol. The van der Waals surface area contributed by atoms with Crippen LogP contribution in [0.2, 0.25) is 0 Å². The van der Waals surface area contributed by atoms with Crippen LogP contribution in [0.4, 0.5) is 4.79 Å². The van der Waals surface area contributed by atoms with Gasteiger partial charge in [-0.15, -0.1) is 0 Å². The lowest BCUT2D eigenvalue weighted by Crippen LogP contribution is -2.49. The molecule has 55 heavy (non-hydrogen) atoms. The van der Waals surface area contributed by atoms with E-state index in [-0.39, 0.29) is 38.4 Å². The summed E-state index contributed by atoms with van der Waals surface area (Å²) in [5, 5.41) is 4.23. The summed E-state index contributed by atoms with van der Waals surface area (Å²) in [6, 6.07) is 9.90. The van der Waals surface area contributed by atoms with Crippen LogP contribution in [-0.2, 0) is 43.2 Å². The lowest BCUT2D eigenvalue weighted by molar-refractivity contribution is -0.123. The van der Waals surface area contributed by atoms with Crippen LogP contribution in [0.15, 0.2) is 42.5 Å². The van der Waals surface area contributed by atoms with Crippen molar-refractivity contribution in [3.8, 4) is 5.75 Å². The third kappa shape index (κ3) is 13.7. The highest BCUT2D eigenvalue weighted by molar-refractivity contribution is 7.72. The van der Waals surface area contributed by atoms with Gasteiger partial charge in [0, 0.05) is 6.42 Å². The largest absolute Gasteiger partial charge is 0.492 e. The van der Waals surface area contributed by atoms with Crippen molar-refractivity contribution in [1.29, 1.82) is 0 Å². The van der Waals surface area contributed by atoms with Gasteiger partial charge in [-0.3, -0.25) is 18.7 Å². The Hall–Kier alpha value is -3.25. The molecule has 0 heterocycles. The second-order valence-corrected chi connectivity index (χ2v) is 19.1. The highest BCUT2D eigenvalue weighted by atomic mass is 31.2. The molecule has 0 aromatic heterocycles. The Balaban J connectivity index is 1.90. The Kier molecular flexibility index (Phi) is 17.9. The highest BCUT2D eigenvalue weighted by Gasteiger charge is 2.52. The van der Waals surface area contributed by atoms with Crippen LogP contribution in [0.5, 0.6) is 5.75 Å². The summed E-state index contributed by atoms with van der Waals surface area (Å²) in [7, 11) is -8.17. The van der Waals surface area contributed by atoms with Crippen molar-refractivity contribution in [3.05, 3.63) is 64.7 Å². The fourth-order valence-electron chi connectivity index (χ4n) is 6.43. The maximum absolute atomic E-state index is 14.2. The third-order valence-corrected chi connectivity index (χ3v) is 14.9. The molecule has 2 aromatic carbocycles. The quantitative estimate of drug-likeness (QED) is 0.102. The van der Waals surface area contributed by atoms with Gasteiger partial charge in [0.05, 0.1) is 44.6 Å². The molecular formula is C39H61N3O11P2. The van der Waals surface area contributed by atoms with E-state index in [1.54, 1.807) is 97.9 Å². The lowest BCUT2D eigenvalue weighted by atomic mass is 9.90. The molecule has 1 aliphatic carbocycles. The zero-order chi connectivity index (χ0) is 40.8. The van der Waals surface area contributed by atoms with E-state index in [1.165, 1.54) is 19.3 Å². The van der Waals surface area contributed by atoms with E-state index in [0.717, 1.165) is 12.8 Å². The molecule has 3 amide bonds. The normalized spacial score (nSPS) is 15.3. The molecule has 1 aliphatic rings. The maximum Gasteiger partial charge on any atom is 0.408 e. The Morgan fingerprint density at radius 1 is 0.800 bits per heavy atom. The number of nitrogens with two attached hydrogens (primary N) is 1. The molecule has 4 N–H and O–H groups in total. The molecule has 0 aliphatic heterocycles. The lowest BCUT2D eigenvalue weighted by Gasteiger charge is -2.31. The van der Waals surface area contributed by atoms with E-state index in [2.05, 4.69) is 10.6 Å². The molecule has 1 fully saturated rings. The van der Waals surface area contributed by atoms with Crippen LogP contribution in [-0.4, -0.2) is 62.6 Å². The van der Waals surface area contributed by atoms with Crippen LogP contribution in [0.1, 0.15) is 126 Å². The Labute approximate surface area is 326 Å². The number of rotatable bonds is 21. The van der Waals surface area contributed by atoms with Crippen LogP contribution in [0.3, 0.4) is 0 Å². The van der Waals surface area contributed by atoms with Gasteiger partial charge in [-0.2, -0.15) is 0 Å². The minimum absolute atomic E-state index is 0.0202. The van der Waals surface area contributed by atoms with Crippen molar-refractivity contribution in [3.63, 3.8) is 0 Å². The van der Waals surface area contributed by atoms with Crippen LogP contribution in [0.25, 0.3) is 0 Å². The number of alkyl carbamates (subject to hydrolysis) is 1. The molecule has 2 atom stereocenters. The molecule has 14 nitrogen and oxygen atoms in total. The Morgan fingerprint density at radius 3 is 1.82 bits per heavy atom. The van der Waals surface area contributed by atoms with E-state index in [9.17, 15) is 23.5 Å². The average molecular weight is 810 g/mol. The second kappa shape index (κ2) is 21.3. The van der Waals surface area contributed by atoms with Gasteiger partial charge in [0.1, 0.15) is 17.4 Å². The standard InChI is InChI=1S/C39H61N3O11P2/c1-9-49-54(46,50-10-2)37(55(47,51-11-3)52-12-4)30-20-18-28(19-21-30)24-33(42-38(45)53-39(6,7)8)36(44)41-27(5)31-22-23-34(32(25-31)35(40)43)48-26-29-16-14-13-15-17-29/h18-23,25,27,29,33,37H,9-17,24,26H2,1-8H3,(H2,40,43)(H,41,44)(H,42,45)/t27-,33-/m0/s1. The number of carbonyl (C=O) groups excluding carboxylic acids is 3. The van der Waals surface area contributed by atoms with Gasteiger partial charge in [0.2, 0.25) is 5.91 Å². The van der Waals surface area contributed by atoms with E-state index in [1.807, 2.05) is 0 Å². The molecule has 2 aromatic rings. The molecule has 0 radical (unpaired) electrons. The van der Waals surface area contributed by atoms with E-state index in [4.69, 9.17) is 33.3 Å². The van der Waals surface area contributed by atoms with E-state index >= 15 is 0 Å². The predicted molar refractivity (Wildman–Crippen MR) is 211 cm³/mol. The van der Waals surface area contributed by atoms with Crippen LogP contribution in [0, 0.1) is 5.92 Å². The SMILES string of the molecule is CCOP(=O)(OCC)C(c1ccc(C[C@H](NC(=O)OC(C)(C)C)C(=O)N[C@@H](C)c2ccc(OCC3CCCCC3)c(C(N)=O)c2)cc1)P(=O)(OCC)OCC. The third-order valence-electron chi connectivity index (χ3n) is 8.89. The molecule has 0 saturated heterocycles. The molecule has 0 spiro atoms. The van der Waals surface area contributed by atoms with Gasteiger partial charge in [-0.25, -0.2) is 4.79 Å². The van der Waals surface area contributed by atoms with E-state index < -0.39 is 56.2 Å². The van der Waals surface area contributed by atoms with Crippen LogP contribution < -0.4 is 21.1 Å². The zero-order valence-corrected chi connectivity index (χ0v) is 35.4. The summed E-state index contributed by atoms with van der Waals surface area (Å²) < 4.78 is 62.4. The summed E-state index contributed by atoms with van der Waals surface area (Å²) in [6.07, 6.45) is 4.96. The van der Waals surface area contributed by atoms with Crippen molar-refractivity contribution in [2.45, 2.75) is 117 Å². The average Bonchev–Trinajstić information content (AvgIpc) is 3.11. The Bertz CT molecular complexity index is 1610. The van der Waals surface area contributed by atoms with Gasteiger partial charge < -0.3 is 43.9 Å². The summed E-state index contributed by atoms with van der Waals surface area (Å²) in [4.78, 5) is 39.3. The predicted octanol–water partition coefficient (Wildman–Crippen LogP) is 8.59. The first-order valence-electron chi connectivity index (χ1n) is 19.2. The first-order chi connectivity index (χ1) is 26.0. The zero-order valence-electron chi connectivity index (χ0n) is 33.6. The molecule has 3 rings (SSSR count). The minimum Gasteiger partial charge on any atom is -0.492 e. The van der Waals surface area contributed by atoms with E-state index in [0.29, 0.717) is 35.0 Å². The summed E-state index contributed by atoms with van der Waals surface area (Å²) in [5.74, 6) is -0.341. The van der Waals surface area contributed by atoms with Crippen molar-refractivity contribution in [1.82, 2.24) is 10.6 Å². The number of benzene rings is 2. The van der Waals surface area contributed by atoms with Gasteiger partial charge in [-0.1, -0.05) is 49.6 Å². The first-order valence-corrected chi connectivity index (χ1v) is 22.4. The van der Waals surface area contributed by atoms with Crippen molar-refractivity contribution in [2.75, 3.05) is 33.0 Å². The van der Waals surface area contributed by atoms with Crippen molar-refractivity contribution < 1.29 is 51.1 Å². The molecule has 308 valence electrons. The number of carbonyl (C=O) groups is 3. The number of hydrogen-bond donors (Lipinski definition) is 3. The number of primary amides is 1. The summed E-state index contributed by atoms with van der Waals surface area (Å²) in [6.45, 7) is 14.1. The second-order valence-electron chi connectivity index (χ2n) is 14.4. The topological polar surface area (TPSA) is 191 Å². The molecule has 0 bridgehead atoms. The fraction of sp³-hybridized carbons (Fsp3) is 0.615. The monoisotopic (exact) mass is 809 g/mol. The van der Waals surface area contributed by atoms with Gasteiger partial charge >= 0.3 is 21.3 Å². The fourth-order valence-corrected chi connectivity index (χ4v) is 11.8. The summed E-state index contributed by atoms with van der Waals surface area (Å²) in [5.41, 5.74) is 6.67. The number of hydrogen-bond acceptors (Lipinski definition) is 11. The van der Waals surface area contributed by atoms with Gasteiger partial charge in [0.25, 0.3) is 5.91 Å². The maximum atomic E-state index is 14.2. The van der Waals surface area contributed by atoms with Gasteiger partial charge in [0.15, 0.2) is 5.40 Å². The van der Waals surface area contributed by atoms with Crippen molar-refractivity contribution >= 4 is 33.1 Å². The first kappa shape index (κ1) is 46.1. The molecule has 16 heteroatoms. The molecule has 1 saturated carbocycles. The smallest absolute Gasteiger partial charge is 0.408 e. The number of amides is 3. The van der Waals surface area contributed by atoms with Crippen LogP contribution >= 0.6 is 15.2 Å². The summed E-state index contributed by atoms with van der Waals surface area (Å²) >= 11 is 0. The van der Waals surface area contributed by atoms with Crippen molar-refractivity contribution in [2.24, 2.45) is 11.7 Å². The number of nitrogens with one attached hydrogen (secondary N) is 2. The van der Waals surface area contributed by atoms with Gasteiger partial charge in [-0.05, 0) is 103 Å². The number of ether oxygens (including phenoxy) is 2. The Morgan fingerprint density at radius 2 is 1.33 bits per heavy atom. The molecule has 0 unspecified atom stereocenters. The highest BCUT2D eigenvalue weighted by Crippen LogP contribution is 2.78. The minimum atomic E-state index is -4.09.